The predicted octanol–water partition coefficient (Wildman–Crippen LogP) is 4.77. The Labute approximate surface area is 178 Å². The molecule has 0 bridgehead atoms. The van der Waals surface area contributed by atoms with Crippen molar-refractivity contribution in [2.45, 2.75) is 19.4 Å². The molecule has 0 fully saturated rings. The summed E-state index contributed by atoms with van der Waals surface area (Å²) >= 11 is 5.56. The van der Waals surface area contributed by atoms with Gasteiger partial charge in [0.05, 0.1) is 22.1 Å². The Kier molecular flexibility index (Phi) is 4.77. The van der Waals surface area contributed by atoms with Gasteiger partial charge in [-0.05, 0) is 41.9 Å². The van der Waals surface area contributed by atoms with Gasteiger partial charge in [0.25, 0.3) is 5.56 Å². The van der Waals surface area contributed by atoms with Gasteiger partial charge in [-0.15, -0.1) is 0 Å². The fraction of sp³-hybridized carbons (Fsp3) is 0.125. The largest absolute Gasteiger partial charge is 0.331 e. The van der Waals surface area contributed by atoms with Gasteiger partial charge in [0.1, 0.15) is 5.69 Å². The number of nitrogens with one attached hydrogen (secondary N) is 2. The van der Waals surface area contributed by atoms with Crippen molar-refractivity contribution in [3.8, 4) is 0 Å². The summed E-state index contributed by atoms with van der Waals surface area (Å²) in [5.74, 6) is 0. The summed E-state index contributed by atoms with van der Waals surface area (Å²) in [6.45, 7) is 0.772. The molecule has 2 heterocycles. The van der Waals surface area contributed by atoms with Crippen molar-refractivity contribution in [2.24, 2.45) is 0 Å². The van der Waals surface area contributed by atoms with Gasteiger partial charge in [-0.25, -0.2) is 4.98 Å². The Balaban J connectivity index is 1.55. The first-order chi connectivity index (χ1) is 14.7. The molecule has 5 rings (SSSR count). The highest BCUT2D eigenvalue weighted by Gasteiger charge is 2.11. The number of aromatic nitrogens is 4. The van der Waals surface area contributed by atoms with Crippen LogP contribution in [0.4, 0.5) is 0 Å². The Morgan fingerprint density at radius 2 is 1.57 bits per heavy atom. The van der Waals surface area contributed by atoms with Crippen LogP contribution in [-0.2, 0) is 19.4 Å². The number of nitrogens with zero attached hydrogens (tertiary/aromatic N) is 2. The topological polar surface area (TPSA) is 66.5 Å². The molecule has 0 atom stereocenters. The zero-order valence-electron chi connectivity index (χ0n) is 16.3. The van der Waals surface area contributed by atoms with Gasteiger partial charge in [0, 0.05) is 13.0 Å². The van der Waals surface area contributed by atoms with Crippen molar-refractivity contribution in [1.82, 2.24) is 19.5 Å². The second kappa shape index (κ2) is 7.72. The van der Waals surface area contributed by atoms with Crippen LogP contribution in [-0.4, -0.2) is 19.5 Å². The molecule has 2 aromatic heterocycles. The van der Waals surface area contributed by atoms with Crippen molar-refractivity contribution in [3.63, 3.8) is 0 Å². The molecule has 0 spiro atoms. The molecule has 0 aliphatic heterocycles. The number of rotatable bonds is 5. The molecular formula is C24H20N4OS. The molecule has 0 saturated heterocycles. The summed E-state index contributed by atoms with van der Waals surface area (Å²) in [5, 5.41) is 0. The zero-order chi connectivity index (χ0) is 20.5. The second-order valence-corrected chi connectivity index (χ2v) is 7.77. The molecule has 30 heavy (non-hydrogen) atoms. The summed E-state index contributed by atoms with van der Waals surface area (Å²) in [7, 11) is 0. The quantitative estimate of drug-likeness (QED) is 0.409. The molecule has 0 amide bonds. The van der Waals surface area contributed by atoms with E-state index >= 15 is 0 Å². The van der Waals surface area contributed by atoms with Crippen molar-refractivity contribution in [2.75, 3.05) is 0 Å². The summed E-state index contributed by atoms with van der Waals surface area (Å²) in [5.41, 5.74) is 6.03. The standard InChI is InChI=1S/C24H20N4OS/c29-23-21(13-17-9-5-2-6-10-17)25-19-15-22-20(14-18(19)26-23)27-24(30)28(22)12-11-16-7-3-1-4-8-16/h1-10,14-15H,11-13H2,(H,26,29)(H,27,30). The highest BCUT2D eigenvalue weighted by atomic mass is 32.1. The Bertz CT molecular complexity index is 1450. The molecule has 5 nitrogen and oxygen atoms in total. The van der Waals surface area contributed by atoms with Crippen LogP contribution < -0.4 is 5.56 Å². The molecule has 0 radical (unpaired) electrons. The number of benzene rings is 3. The van der Waals surface area contributed by atoms with E-state index in [2.05, 4.69) is 31.7 Å². The lowest BCUT2D eigenvalue weighted by atomic mass is 10.1. The van der Waals surface area contributed by atoms with Crippen LogP contribution in [0, 0.1) is 4.77 Å². The van der Waals surface area contributed by atoms with E-state index in [4.69, 9.17) is 12.2 Å². The van der Waals surface area contributed by atoms with E-state index in [1.165, 1.54) is 5.56 Å². The van der Waals surface area contributed by atoms with E-state index in [9.17, 15) is 4.79 Å². The number of fused-ring (bicyclic) bond motifs is 2. The van der Waals surface area contributed by atoms with E-state index in [-0.39, 0.29) is 5.56 Å². The third kappa shape index (κ3) is 3.57. The number of hydrogen-bond donors (Lipinski definition) is 2. The average Bonchev–Trinajstić information content (AvgIpc) is 3.06. The van der Waals surface area contributed by atoms with E-state index in [0.717, 1.165) is 35.1 Å². The molecule has 0 saturated carbocycles. The number of aryl methyl sites for hydroxylation is 2. The predicted molar refractivity (Wildman–Crippen MR) is 122 cm³/mol. The van der Waals surface area contributed by atoms with E-state index in [1.807, 2.05) is 60.7 Å². The minimum absolute atomic E-state index is 0.159. The lowest BCUT2D eigenvalue weighted by Gasteiger charge is -2.07. The van der Waals surface area contributed by atoms with Gasteiger partial charge in [0.2, 0.25) is 0 Å². The fourth-order valence-corrected chi connectivity index (χ4v) is 4.09. The van der Waals surface area contributed by atoms with Gasteiger partial charge in [-0.3, -0.25) is 4.79 Å². The normalized spacial score (nSPS) is 11.3. The molecule has 6 heteroatoms. The third-order valence-electron chi connectivity index (χ3n) is 5.34. The molecule has 0 unspecified atom stereocenters. The summed E-state index contributed by atoms with van der Waals surface area (Å²) < 4.78 is 2.77. The van der Waals surface area contributed by atoms with Gasteiger partial charge in [-0.1, -0.05) is 60.7 Å². The Hall–Kier alpha value is -3.51. The van der Waals surface area contributed by atoms with Crippen LogP contribution in [0.15, 0.2) is 77.6 Å². The smallest absolute Gasteiger partial charge is 0.270 e. The molecular weight excluding hydrogens is 392 g/mol. The lowest BCUT2D eigenvalue weighted by Crippen LogP contribution is -2.15. The average molecular weight is 413 g/mol. The van der Waals surface area contributed by atoms with Crippen LogP contribution in [0.3, 0.4) is 0 Å². The zero-order valence-corrected chi connectivity index (χ0v) is 17.1. The maximum Gasteiger partial charge on any atom is 0.270 e. The Morgan fingerprint density at radius 1 is 0.867 bits per heavy atom. The van der Waals surface area contributed by atoms with E-state index in [0.29, 0.717) is 22.4 Å². The molecule has 5 aromatic rings. The maximum atomic E-state index is 12.6. The first-order valence-electron chi connectivity index (χ1n) is 9.91. The first kappa shape index (κ1) is 18.5. The SMILES string of the molecule is O=c1[nH]c2cc3[nH]c(=S)n(CCc4ccccc4)c3cc2nc1Cc1ccccc1. The van der Waals surface area contributed by atoms with Gasteiger partial charge in [0.15, 0.2) is 4.77 Å². The van der Waals surface area contributed by atoms with Crippen molar-refractivity contribution >= 4 is 34.3 Å². The third-order valence-corrected chi connectivity index (χ3v) is 5.66. The van der Waals surface area contributed by atoms with Crippen molar-refractivity contribution in [1.29, 1.82) is 0 Å². The monoisotopic (exact) mass is 412 g/mol. The second-order valence-electron chi connectivity index (χ2n) is 7.38. The van der Waals surface area contributed by atoms with E-state index < -0.39 is 0 Å². The minimum atomic E-state index is -0.159. The van der Waals surface area contributed by atoms with Crippen LogP contribution in [0.25, 0.3) is 22.1 Å². The number of H-pyrrole nitrogens is 2. The lowest BCUT2D eigenvalue weighted by molar-refractivity contribution is 0.706. The van der Waals surface area contributed by atoms with Crippen molar-refractivity contribution in [3.05, 3.63) is 105 Å². The molecule has 3 aromatic carbocycles. The number of aromatic amines is 2. The molecule has 0 aliphatic rings. The van der Waals surface area contributed by atoms with Crippen LogP contribution in [0.2, 0.25) is 0 Å². The Morgan fingerprint density at radius 3 is 2.30 bits per heavy atom. The molecule has 0 aliphatic carbocycles. The summed E-state index contributed by atoms with van der Waals surface area (Å²) in [4.78, 5) is 23.5. The first-order valence-corrected chi connectivity index (χ1v) is 10.3. The van der Waals surface area contributed by atoms with E-state index in [1.54, 1.807) is 0 Å². The minimum Gasteiger partial charge on any atom is -0.331 e. The summed E-state index contributed by atoms with van der Waals surface area (Å²) in [6.07, 6.45) is 1.38. The highest BCUT2D eigenvalue weighted by molar-refractivity contribution is 7.71. The van der Waals surface area contributed by atoms with Gasteiger partial charge >= 0.3 is 0 Å². The molecule has 2 N–H and O–H groups in total. The van der Waals surface area contributed by atoms with Crippen LogP contribution in [0.1, 0.15) is 16.8 Å². The van der Waals surface area contributed by atoms with Crippen molar-refractivity contribution < 1.29 is 0 Å². The molecule has 148 valence electrons. The van der Waals surface area contributed by atoms with Crippen LogP contribution >= 0.6 is 12.2 Å². The fourth-order valence-electron chi connectivity index (χ4n) is 3.79. The van der Waals surface area contributed by atoms with Crippen LogP contribution in [0.5, 0.6) is 0 Å². The highest BCUT2D eigenvalue weighted by Crippen LogP contribution is 2.21. The number of hydrogen-bond acceptors (Lipinski definition) is 3. The number of imidazole rings is 1. The summed E-state index contributed by atoms with van der Waals surface area (Å²) in [6, 6.07) is 24.2. The van der Waals surface area contributed by atoms with Gasteiger partial charge < -0.3 is 14.5 Å². The maximum absolute atomic E-state index is 12.6. The van der Waals surface area contributed by atoms with Gasteiger partial charge in [-0.2, -0.15) is 0 Å².